The topological polar surface area (TPSA) is 49.8 Å². The summed E-state index contributed by atoms with van der Waals surface area (Å²) in [5.41, 5.74) is -2.69. The molecule has 4 rings (SSSR count). The van der Waals surface area contributed by atoms with E-state index in [2.05, 4.69) is 0 Å². The van der Waals surface area contributed by atoms with Crippen molar-refractivity contribution in [3.63, 3.8) is 0 Å². The van der Waals surface area contributed by atoms with Gasteiger partial charge in [0, 0.05) is 41.8 Å². The molecule has 0 saturated carbocycles. The van der Waals surface area contributed by atoms with Gasteiger partial charge in [-0.2, -0.15) is 13.2 Å². The number of hydrogen-bond acceptors (Lipinski definition) is 4. The number of rotatable bonds is 5. The van der Waals surface area contributed by atoms with Gasteiger partial charge in [-0.1, -0.05) is 26.0 Å². The van der Waals surface area contributed by atoms with Gasteiger partial charge in [0.1, 0.15) is 11.6 Å². The predicted octanol–water partition coefficient (Wildman–Crippen LogP) is 4.81. The van der Waals surface area contributed by atoms with E-state index in [1.165, 1.54) is 17.0 Å². The molecule has 0 aromatic heterocycles. The summed E-state index contributed by atoms with van der Waals surface area (Å²) in [5, 5.41) is 11.0. The predicted molar refractivity (Wildman–Crippen MR) is 112 cm³/mol. The standard InChI is InChI=1S/C24H25F4NO3/c1-22(2,18-12-16(25)11-15-8-10-32-21(15)18)13-23(31,24(26,27)28)14-29-9-7-20(30)17-5-3-4-6-19(17)29/h3-6,11-12,31H,7-10,13-14H2,1-2H3. The first-order valence-electron chi connectivity index (χ1n) is 10.5. The highest BCUT2D eigenvalue weighted by molar-refractivity contribution is 6.03. The van der Waals surface area contributed by atoms with Gasteiger partial charge in [-0.3, -0.25) is 4.79 Å². The van der Waals surface area contributed by atoms with Gasteiger partial charge in [0.05, 0.1) is 13.2 Å². The third kappa shape index (κ3) is 3.96. The number of benzene rings is 2. The maximum atomic E-state index is 14.3. The van der Waals surface area contributed by atoms with Gasteiger partial charge in [0.15, 0.2) is 11.4 Å². The fourth-order valence-corrected chi connectivity index (χ4v) is 4.80. The number of carbonyl (C=O) groups is 1. The summed E-state index contributed by atoms with van der Waals surface area (Å²) in [6.07, 6.45) is -5.09. The first kappa shape index (κ1) is 22.6. The Morgan fingerprint density at radius 1 is 1.12 bits per heavy atom. The Balaban J connectivity index is 1.69. The van der Waals surface area contributed by atoms with Crippen LogP contribution in [0.2, 0.25) is 0 Å². The van der Waals surface area contributed by atoms with E-state index in [0.29, 0.717) is 41.2 Å². The van der Waals surface area contributed by atoms with Crippen molar-refractivity contribution in [1.82, 2.24) is 0 Å². The Kier molecular flexibility index (Phi) is 5.48. The van der Waals surface area contributed by atoms with Crippen LogP contribution in [-0.2, 0) is 11.8 Å². The zero-order valence-electron chi connectivity index (χ0n) is 17.9. The van der Waals surface area contributed by atoms with E-state index in [9.17, 15) is 27.5 Å². The van der Waals surface area contributed by atoms with Gasteiger partial charge in [-0.25, -0.2) is 4.39 Å². The van der Waals surface area contributed by atoms with Crippen LogP contribution in [0, 0.1) is 5.82 Å². The maximum Gasteiger partial charge on any atom is 0.418 e. The van der Waals surface area contributed by atoms with Crippen molar-refractivity contribution in [3.05, 3.63) is 58.9 Å². The molecule has 1 N–H and O–H groups in total. The molecule has 0 bridgehead atoms. The minimum absolute atomic E-state index is 0.0690. The number of ether oxygens (including phenoxy) is 1. The van der Waals surface area contributed by atoms with Crippen molar-refractivity contribution in [2.24, 2.45) is 0 Å². The fourth-order valence-electron chi connectivity index (χ4n) is 4.80. The number of nitrogens with zero attached hydrogens (tertiary/aromatic N) is 1. The van der Waals surface area contributed by atoms with Gasteiger partial charge in [-0.15, -0.1) is 0 Å². The Bertz CT molecular complexity index is 1050. The van der Waals surface area contributed by atoms with Crippen LogP contribution in [0.25, 0.3) is 0 Å². The normalized spacial score (nSPS) is 18.1. The molecule has 4 nitrogen and oxygen atoms in total. The molecule has 2 heterocycles. The molecule has 2 aliphatic rings. The number of halogens is 4. The second-order valence-electron chi connectivity index (χ2n) is 9.24. The average Bonchev–Trinajstić information content (AvgIpc) is 3.16. The van der Waals surface area contributed by atoms with Crippen LogP contribution >= 0.6 is 0 Å². The van der Waals surface area contributed by atoms with Crippen LogP contribution < -0.4 is 9.64 Å². The van der Waals surface area contributed by atoms with E-state index in [1.54, 1.807) is 38.1 Å². The minimum atomic E-state index is -4.95. The number of Topliss-reactive ketones (excluding diaryl/α,β-unsaturated/α-hetero) is 1. The van der Waals surface area contributed by atoms with E-state index in [0.717, 1.165) is 0 Å². The molecule has 2 aromatic carbocycles. The van der Waals surface area contributed by atoms with E-state index in [-0.39, 0.29) is 18.7 Å². The lowest BCUT2D eigenvalue weighted by Crippen LogP contribution is -2.57. The highest BCUT2D eigenvalue weighted by atomic mass is 19.4. The lowest BCUT2D eigenvalue weighted by molar-refractivity contribution is -0.262. The van der Waals surface area contributed by atoms with E-state index < -0.39 is 36.0 Å². The fraction of sp³-hybridized carbons (Fsp3) is 0.458. The average molecular weight is 451 g/mol. The van der Waals surface area contributed by atoms with Crippen LogP contribution in [-0.4, -0.2) is 42.4 Å². The molecule has 1 atom stereocenters. The molecule has 172 valence electrons. The van der Waals surface area contributed by atoms with E-state index in [1.807, 2.05) is 0 Å². The number of hydrogen-bond donors (Lipinski definition) is 1. The van der Waals surface area contributed by atoms with Crippen LogP contribution in [0.15, 0.2) is 36.4 Å². The third-order valence-electron chi connectivity index (χ3n) is 6.35. The van der Waals surface area contributed by atoms with Gasteiger partial charge in [0.2, 0.25) is 0 Å². The minimum Gasteiger partial charge on any atom is -0.493 e. The third-order valence-corrected chi connectivity index (χ3v) is 6.35. The zero-order chi connectivity index (χ0) is 23.3. The summed E-state index contributed by atoms with van der Waals surface area (Å²) >= 11 is 0. The Hall–Kier alpha value is -2.61. The molecular weight excluding hydrogens is 426 g/mol. The van der Waals surface area contributed by atoms with Gasteiger partial charge in [-0.05, 0) is 36.1 Å². The van der Waals surface area contributed by atoms with Crippen molar-refractivity contribution in [1.29, 1.82) is 0 Å². The molecule has 2 aliphatic heterocycles. The Labute approximate surface area is 183 Å². The SMILES string of the molecule is CC(C)(CC(O)(CN1CCC(=O)c2ccccc21)C(F)(F)F)c1cc(F)cc2c1OCC2. The molecule has 0 fully saturated rings. The Morgan fingerprint density at radius 3 is 2.56 bits per heavy atom. The Morgan fingerprint density at radius 2 is 1.84 bits per heavy atom. The molecule has 1 unspecified atom stereocenters. The summed E-state index contributed by atoms with van der Waals surface area (Å²) in [6, 6.07) is 8.99. The monoisotopic (exact) mass is 451 g/mol. The van der Waals surface area contributed by atoms with Crippen molar-refractivity contribution >= 4 is 11.5 Å². The molecule has 2 aromatic rings. The van der Waals surface area contributed by atoms with Crippen LogP contribution in [0.5, 0.6) is 5.75 Å². The molecular formula is C24H25F4NO3. The molecule has 0 saturated heterocycles. The van der Waals surface area contributed by atoms with Crippen LogP contribution in [0.1, 0.15) is 48.2 Å². The summed E-state index contributed by atoms with van der Waals surface area (Å²) in [6.45, 7) is 2.78. The number of para-hydroxylation sites is 1. The summed E-state index contributed by atoms with van der Waals surface area (Å²) in [4.78, 5) is 13.6. The van der Waals surface area contributed by atoms with Gasteiger partial charge in [0.25, 0.3) is 0 Å². The largest absolute Gasteiger partial charge is 0.493 e. The molecule has 32 heavy (non-hydrogen) atoms. The summed E-state index contributed by atoms with van der Waals surface area (Å²) in [7, 11) is 0. The first-order valence-corrected chi connectivity index (χ1v) is 10.5. The number of ketones is 1. The quantitative estimate of drug-likeness (QED) is 0.663. The van der Waals surface area contributed by atoms with Crippen molar-refractivity contribution in [2.75, 3.05) is 24.6 Å². The second-order valence-corrected chi connectivity index (χ2v) is 9.24. The van der Waals surface area contributed by atoms with Crippen molar-refractivity contribution in [3.8, 4) is 5.75 Å². The number of anilines is 1. The highest BCUT2D eigenvalue weighted by Gasteiger charge is 2.57. The molecule has 0 spiro atoms. The number of alkyl halides is 3. The number of carbonyl (C=O) groups excluding carboxylic acids is 1. The van der Waals surface area contributed by atoms with Gasteiger partial charge < -0.3 is 14.7 Å². The molecule has 0 amide bonds. The van der Waals surface area contributed by atoms with Crippen LogP contribution in [0.4, 0.5) is 23.2 Å². The molecule has 8 heteroatoms. The lowest BCUT2D eigenvalue weighted by Gasteiger charge is -2.42. The van der Waals surface area contributed by atoms with Crippen LogP contribution in [0.3, 0.4) is 0 Å². The smallest absolute Gasteiger partial charge is 0.418 e. The summed E-state index contributed by atoms with van der Waals surface area (Å²) < 4.78 is 62.6. The van der Waals surface area contributed by atoms with Crippen molar-refractivity contribution < 1.29 is 32.2 Å². The van der Waals surface area contributed by atoms with Crippen molar-refractivity contribution in [2.45, 2.75) is 50.3 Å². The highest BCUT2D eigenvalue weighted by Crippen LogP contribution is 2.46. The lowest BCUT2D eigenvalue weighted by atomic mass is 9.73. The maximum absolute atomic E-state index is 14.3. The number of aliphatic hydroxyl groups is 1. The molecule has 0 radical (unpaired) electrons. The number of fused-ring (bicyclic) bond motifs is 2. The van der Waals surface area contributed by atoms with E-state index in [4.69, 9.17) is 4.74 Å². The summed E-state index contributed by atoms with van der Waals surface area (Å²) in [5.74, 6) is -0.286. The van der Waals surface area contributed by atoms with E-state index >= 15 is 0 Å². The first-order chi connectivity index (χ1) is 14.9. The molecule has 0 aliphatic carbocycles. The van der Waals surface area contributed by atoms with Gasteiger partial charge >= 0.3 is 6.18 Å². The number of β-amino-alcohol motifs (C(OH)–C–C–N with tert-alkyl or cyclic N) is 1. The second kappa shape index (κ2) is 7.76. The zero-order valence-corrected chi connectivity index (χ0v) is 17.9.